The van der Waals surface area contributed by atoms with Crippen molar-refractivity contribution < 1.29 is 8.81 Å². The number of rotatable bonds is 5. The largest absolute Gasteiger partial charge is 0.420 e. The molecule has 0 amide bonds. The smallest absolute Gasteiger partial charge is 0.232 e. The lowest BCUT2D eigenvalue weighted by Gasteiger charge is -2.03. The molecular weight excluding hydrogens is 317 g/mol. The molecule has 0 radical (unpaired) electrons. The average molecular weight is 333 g/mol. The quantitative estimate of drug-likeness (QED) is 0.730. The van der Waals surface area contributed by atoms with Crippen molar-refractivity contribution in [2.24, 2.45) is 0 Å². The van der Waals surface area contributed by atoms with E-state index < -0.39 is 0 Å². The van der Waals surface area contributed by atoms with E-state index in [1.54, 1.807) is 24.3 Å². The Morgan fingerprint density at radius 1 is 1.12 bits per heavy atom. The topological polar surface area (TPSA) is 61.9 Å². The van der Waals surface area contributed by atoms with Gasteiger partial charge in [-0.2, -0.15) is 10.2 Å². The fourth-order valence-corrected chi connectivity index (χ4v) is 2.23. The number of halogens is 1. The molecule has 4 nitrogen and oxygen atoms in total. The highest BCUT2D eigenvalue weighted by atomic mass is 19.1. The molecule has 2 aromatic carbocycles. The summed E-state index contributed by atoms with van der Waals surface area (Å²) in [6, 6.07) is 16.2. The highest BCUT2D eigenvalue weighted by molar-refractivity contribution is 5.67. The molecule has 0 fully saturated rings. The normalized spacial score (nSPS) is 10.8. The zero-order chi connectivity index (χ0) is 17.6. The Balaban J connectivity index is 1.71. The Morgan fingerprint density at radius 2 is 1.84 bits per heavy atom. The molecule has 0 atom stereocenters. The third-order valence-corrected chi connectivity index (χ3v) is 3.61. The van der Waals surface area contributed by atoms with E-state index in [2.05, 4.69) is 10.3 Å². The Morgan fingerprint density at radius 3 is 2.52 bits per heavy atom. The fourth-order valence-electron chi connectivity index (χ4n) is 2.23. The van der Waals surface area contributed by atoms with E-state index >= 15 is 0 Å². The van der Waals surface area contributed by atoms with Crippen molar-refractivity contribution in [3.63, 3.8) is 0 Å². The molecule has 1 aromatic heterocycles. The van der Waals surface area contributed by atoms with Crippen LogP contribution in [0.15, 0.2) is 52.9 Å². The Bertz CT molecular complexity index is 919. The predicted octanol–water partition coefficient (Wildman–Crippen LogP) is 4.78. The van der Waals surface area contributed by atoms with Gasteiger partial charge in [0.25, 0.3) is 0 Å². The van der Waals surface area contributed by atoms with Gasteiger partial charge in [0.05, 0.1) is 0 Å². The van der Waals surface area contributed by atoms with Gasteiger partial charge in [-0.1, -0.05) is 42.0 Å². The molecule has 124 valence electrons. The van der Waals surface area contributed by atoms with Gasteiger partial charge in [-0.15, -0.1) is 0 Å². The van der Waals surface area contributed by atoms with E-state index in [0.29, 0.717) is 18.3 Å². The number of aryl methyl sites for hydroxylation is 1. The van der Waals surface area contributed by atoms with Crippen molar-refractivity contribution in [2.45, 2.75) is 13.5 Å². The van der Waals surface area contributed by atoms with Crippen LogP contribution in [0.25, 0.3) is 12.2 Å². The summed E-state index contributed by atoms with van der Waals surface area (Å²) in [5.74, 6) is 0.358. The second-order valence-electron chi connectivity index (χ2n) is 5.57. The summed E-state index contributed by atoms with van der Waals surface area (Å²) >= 11 is 0. The summed E-state index contributed by atoms with van der Waals surface area (Å²) in [6.45, 7) is 2.56. The van der Waals surface area contributed by atoms with Gasteiger partial charge in [-0.25, -0.2) is 4.39 Å². The lowest BCUT2D eigenvalue weighted by atomic mass is 10.1. The maximum Gasteiger partial charge on any atom is 0.232 e. The number of nitrogens with zero attached hydrogens (tertiary/aromatic N) is 2. The fraction of sp³-hybridized carbons (Fsp3) is 0.100. The van der Waals surface area contributed by atoms with Crippen LogP contribution >= 0.6 is 0 Å². The Labute approximate surface area is 145 Å². The number of hydrogen-bond acceptors (Lipinski definition) is 4. The summed E-state index contributed by atoms with van der Waals surface area (Å²) in [5, 5.41) is 12.3. The first-order valence-corrected chi connectivity index (χ1v) is 7.78. The molecule has 0 saturated heterocycles. The van der Waals surface area contributed by atoms with Gasteiger partial charge in [0.1, 0.15) is 11.9 Å². The second kappa shape index (κ2) is 7.45. The molecular formula is C20H16FN3O. The molecule has 0 unspecified atom stereocenters. The molecule has 0 spiro atoms. The number of oxazole rings is 1. The van der Waals surface area contributed by atoms with Crippen LogP contribution in [-0.2, 0) is 6.54 Å². The van der Waals surface area contributed by atoms with E-state index in [4.69, 9.17) is 4.42 Å². The summed E-state index contributed by atoms with van der Waals surface area (Å²) in [5.41, 5.74) is 3.28. The molecule has 0 aliphatic heterocycles. The number of anilines is 1. The van der Waals surface area contributed by atoms with Crippen LogP contribution in [0.4, 0.5) is 10.3 Å². The lowest BCUT2D eigenvalue weighted by Crippen LogP contribution is -1.99. The molecule has 1 heterocycles. The van der Waals surface area contributed by atoms with Gasteiger partial charge in [0, 0.05) is 12.6 Å². The zero-order valence-corrected chi connectivity index (χ0v) is 13.7. The van der Waals surface area contributed by atoms with Crippen molar-refractivity contribution in [3.05, 3.63) is 82.6 Å². The molecule has 0 bridgehead atoms. The van der Waals surface area contributed by atoms with Crippen LogP contribution in [-0.4, -0.2) is 4.98 Å². The van der Waals surface area contributed by atoms with Crippen molar-refractivity contribution in [3.8, 4) is 6.07 Å². The standard InChI is InChI=1S/C20H16FN3O/c1-14-2-4-16(5-3-14)13-23-20-18(12-22)24-19(25-20)11-8-15-6-9-17(21)10-7-15/h2-11,23H,13H2,1H3/b11-8+. The number of hydrogen-bond donors (Lipinski definition) is 1. The zero-order valence-electron chi connectivity index (χ0n) is 13.7. The van der Waals surface area contributed by atoms with E-state index in [9.17, 15) is 9.65 Å². The maximum atomic E-state index is 12.9. The molecule has 5 heteroatoms. The number of nitrogens with one attached hydrogen (secondary N) is 1. The SMILES string of the molecule is Cc1ccc(CNc2oc(/C=C/c3ccc(F)cc3)nc2C#N)cc1. The highest BCUT2D eigenvalue weighted by Crippen LogP contribution is 2.19. The van der Waals surface area contributed by atoms with E-state index in [1.165, 1.54) is 17.7 Å². The van der Waals surface area contributed by atoms with Crippen LogP contribution in [0.1, 0.15) is 28.3 Å². The van der Waals surface area contributed by atoms with Crippen molar-refractivity contribution in [2.75, 3.05) is 5.32 Å². The number of aromatic nitrogens is 1. The first kappa shape index (κ1) is 16.5. The predicted molar refractivity (Wildman–Crippen MR) is 95.1 cm³/mol. The molecule has 1 N–H and O–H groups in total. The van der Waals surface area contributed by atoms with Gasteiger partial charge >= 0.3 is 0 Å². The van der Waals surface area contributed by atoms with Crippen LogP contribution in [0.5, 0.6) is 0 Å². The lowest BCUT2D eigenvalue weighted by molar-refractivity contribution is 0.557. The second-order valence-corrected chi connectivity index (χ2v) is 5.57. The molecule has 25 heavy (non-hydrogen) atoms. The molecule has 0 aliphatic carbocycles. The third-order valence-electron chi connectivity index (χ3n) is 3.61. The molecule has 3 rings (SSSR count). The van der Waals surface area contributed by atoms with Gasteiger partial charge in [0.2, 0.25) is 17.5 Å². The van der Waals surface area contributed by atoms with Crippen molar-refractivity contribution in [1.29, 1.82) is 5.26 Å². The molecule has 3 aromatic rings. The van der Waals surface area contributed by atoms with Gasteiger partial charge in [-0.05, 0) is 36.3 Å². The minimum Gasteiger partial charge on any atom is -0.420 e. The maximum absolute atomic E-state index is 12.9. The average Bonchev–Trinajstić information content (AvgIpc) is 3.03. The first-order chi connectivity index (χ1) is 12.1. The van der Waals surface area contributed by atoms with E-state index in [0.717, 1.165) is 11.1 Å². The summed E-state index contributed by atoms with van der Waals surface area (Å²) in [6.07, 6.45) is 3.39. The Hall–Kier alpha value is -3.39. The van der Waals surface area contributed by atoms with Crippen LogP contribution < -0.4 is 5.32 Å². The monoisotopic (exact) mass is 333 g/mol. The van der Waals surface area contributed by atoms with Crippen molar-refractivity contribution in [1.82, 2.24) is 4.98 Å². The Kier molecular flexibility index (Phi) is 4.91. The third kappa shape index (κ3) is 4.33. The van der Waals surface area contributed by atoms with Crippen LogP contribution in [0, 0.1) is 24.1 Å². The highest BCUT2D eigenvalue weighted by Gasteiger charge is 2.11. The minimum absolute atomic E-state index is 0.200. The summed E-state index contributed by atoms with van der Waals surface area (Å²) < 4.78 is 18.5. The molecule has 0 saturated carbocycles. The summed E-state index contributed by atoms with van der Waals surface area (Å²) in [7, 11) is 0. The van der Waals surface area contributed by atoms with Gasteiger partial charge in [0.15, 0.2) is 0 Å². The molecule has 0 aliphatic rings. The summed E-state index contributed by atoms with van der Waals surface area (Å²) in [4.78, 5) is 4.14. The van der Waals surface area contributed by atoms with Crippen molar-refractivity contribution >= 4 is 18.0 Å². The van der Waals surface area contributed by atoms with E-state index in [1.807, 2.05) is 37.3 Å². The number of benzene rings is 2. The van der Waals surface area contributed by atoms with Crippen LogP contribution in [0.2, 0.25) is 0 Å². The minimum atomic E-state index is -0.289. The number of nitriles is 1. The first-order valence-electron chi connectivity index (χ1n) is 7.78. The van der Waals surface area contributed by atoms with Crippen LogP contribution in [0.3, 0.4) is 0 Å². The van der Waals surface area contributed by atoms with Gasteiger partial charge in [-0.3, -0.25) is 0 Å². The van der Waals surface area contributed by atoms with Gasteiger partial charge < -0.3 is 9.73 Å². The van der Waals surface area contributed by atoms with E-state index in [-0.39, 0.29) is 11.5 Å².